The van der Waals surface area contributed by atoms with Crippen LogP contribution >= 0.6 is 0 Å². The van der Waals surface area contributed by atoms with Crippen molar-refractivity contribution in [2.24, 2.45) is 4.99 Å². The Morgan fingerprint density at radius 1 is 0.806 bits per heavy atom. The second-order valence-corrected chi connectivity index (χ2v) is 8.11. The molecule has 1 aliphatic heterocycles. The van der Waals surface area contributed by atoms with E-state index in [1.54, 1.807) is 24.5 Å². The van der Waals surface area contributed by atoms with Gasteiger partial charge in [0.25, 0.3) is 0 Å². The molecule has 0 saturated carbocycles. The van der Waals surface area contributed by atoms with E-state index in [2.05, 4.69) is 25.3 Å². The minimum atomic E-state index is -4.56. The van der Waals surface area contributed by atoms with Gasteiger partial charge in [0, 0.05) is 23.5 Å². The second kappa shape index (κ2) is 9.69. The first-order chi connectivity index (χ1) is 17.4. The van der Waals surface area contributed by atoms with Gasteiger partial charge in [-0.05, 0) is 41.8 Å². The van der Waals surface area contributed by atoms with Crippen LogP contribution in [0, 0.1) is 0 Å². The lowest BCUT2D eigenvalue weighted by Gasteiger charge is -2.13. The summed E-state index contributed by atoms with van der Waals surface area (Å²) in [5, 5.41) is 3.10. The molecule has 2 aromatic heterocycles. The van der Waals surface area contributed by atoms with Gasteiger partial charge < -0.3 is 5.32 Å². The van der Waals surface area contributed by atoms with Gasteiger partial charge in [0.1, 0.15) is 5.84 Å². The van der Waals surface area contributed by atoms with E-state index in [0.29, 0.717) is 11.4 Å². The van der Waals surface area contributed by atoms with Crippen LogP contribution in [0.15, 0.2) is 90.2 Å². The lowest BCUT2D eigenvalue weighted by Crippen LogP contribution is -2.14. The molecule has 0 aliphatic carbocycles. The van der Waals surface area contributed by atoms with Crippen molar-refractivity contribution in [1.29, 1.82) is 0 Å². The van der Waals surface area contributed by atoms with Crippen molar-refractivity contribution in [3.63, 3.8) is 0 Å². The number of anilines is 1. The molecule has 5 rings (SSSR count). The van der Waals surface area contributed by atoms with Gasteiger partial charge in [-0.15, -0.1) is 0 Å². The van der Waals surface area contributed by atoms with E-state index in [9.17, 15) is 13.2 Å². The summed E-state index contributed by atoms with van der Waals surface area (Å²) < 4.78 is 41.2. The first-order valence-electron chi connectivity index (χ1n) is 11.4. The van der Waals surface area contributed by atoms with Crippen molar-refractivity contribution < 1.29 is 13.2 Å². The molecule has 0 amide bonds. The minimum absolute atomic E-state index is 0.0539. The summed E-state index contributed by atoms with van der Waals surface area (Å²) in [5.74, 6) is 0.760. The van der Waals surface area contributed by atoms with Crippen LogP contribution in [0.5, 0.6) is 0 Å². The molecular formula is C27H21F3N6. The SMILES string of the molecule is CCC1N=C(Nc2nc(-c3ccncc3)nc(-c3ccccc3C(F)(F)F)n2)C=C1c1ccccc1. The van der Waals surface area contributed by atoms with Crippen LogP contribution in [0.4, 0.5) is 19.1 Å². The van der Waals surface area contributed by atoms with Gasteiger partial charge in [0.15, 0.2) is 11.6 Å². The van der Waals surface area contributed by atoms with Gasteiger partial charge in [-0.1, -0.05) is 55.5 Å². The molecule has 1 atom stereocenters. The summed E-state index contributed by atoms with van der Waals surface area (Å²) in [6, 6.07) is 18.5. The van der Waals surface area contributed by atoms with E-state index in [1.165, 1.54) is 18.2 Å². The monoisotopic (exact) mass is 486 g/mol. The Bertz CT molecular complexity index is 1430. The molecular weight excluding hydrogens is 465 g/mol. The van der Waals surface area contributed by atoms with Crippen LogP contribution < -0.4 is 5.32 Å². The number of nitrogens with zero attached hydrogens (tertiary/aromatic N) is 5. The average Bonchev–Trinajstić information content (AvgIpc) is 3.32. The van der Waals surface area contributed by atoms with E-state index >= 15 is 0 Å². The molecule has 0 fully saturated rings. The molecule has 180 valence electrons. The number of aliphatic imine (C=N–C) groups is 1. The highest BCUT2D eigenvalue weighted by Gasteiger charge is 2.34. The maximum Gasteiger partial charge on any atom is 0.417 e. The third kappa shape index (κ3) is 4.86. The maximum absolute atomic E-state index is 13.7. The number of rotatable bonds is 5. The third-order valence-electron chi connectivity index (χ3n) is 5.73. The normalized spacial score (nSPS) is 15.4. The van der Waals surface area contributed by atoms with Gasteiger partial charge in [0.05, 0.1) is 11.6 Å². The molecule has 6 nitrogen and oxygen atoms in total. The number of hydrogen-bond acceptors (Lipinski definition) is 6. The van der Waals surface area contributed by atoms with Crippen LogP contribution in [0.3, 0.4) is 0 Å². The molecule has 1 N–H and O–H groups in total. The summed E-state index contributed by atoms with van der Waals surface area (Å²) in [5.41, 5.74) is 1.75. The second-order valence-electron chi connectivity index (χ2n) is 8.11. The van der Waals surface area contributed by atoms with Crippen molar-refractivity contribution >= 4 is 17.4 Å². The number of halogens is 3. The highest BCUT2D eigenvalue weighted by molar-refractivity contribution is 6.11. The Balaban J connectivity index is 1.58. The standard InChI is InChI=1S/C27H21F3N6/c1-2-22-20(17-8-4-3-5-9-17)16-23(32-22)33-26-35-24(18-12-14-31-15-13-18)34-25(36-26)19-10-6-7-11-21(19)27(28,29)30/h3-16,22H,2H2,1H3,(H,32,33,34,35,36). The Morgan fingerprint density at radius 3 is 2.22 bits per heavy atom. The fraction of sp³-hybridized carbons (Fsp3) is 0.148. The van der Waals surface area contributed by atoms with Crippen LogP contribution in [0.2, 0.25) is 0 Å². The van der Waals surface area contributed by atoms with Crippen molar-refractivity contribution in [3.8, 4) is 22.8 Å². The lowest BCUT2D eigenvalue weighted by molar-refractivity contribution is -0.137. The molecule has 36 heavy (non-hydrogen) atoms. The van der Waals surface area contributed by atoms with E-state index in [-0.39, 0.29) is 29.2 Å². The Labute approximate surface area is 205 Å². The molecule has 1 aliphatic rings. The van der Waals surface area contributed by atoms with E-state index in [0.717, 1.165) is 23.6 Å². The first kappa shape index (κ1) is 23.3. The van der Waals surface area contributed by atoms with E-state index < -0.39 is 11.7 Å². The van der Waals surface area contributed by atoms with Gasteiger partial charge in [-0.25, -0.2) is 4.98 Å². The van der Waals surface area contributed by atoms with Gasteiger partial charge >= 0.3 is 6.18 Å². The molecule has 3 heterocycles. The fourth-order valence-electron chi connectivity index (χ4n) is 4.03. The topological polar surface area (TPSA) is 76.0 Å². The third-order valence-corrected chi connectivity index (χ3v) is 5.73. The highest BCUT2D eigenvalue weighted by atomic mass is 19.4. The highest BCUT2D eigenvalue weighted by Crippen LogP contribution is 2.36. The number of benzene rings is 2. The number of aromatic nitrogens is 4. The number of nitrogens with one attached hydrogen (secondary N) is 1. The molecule has 0 saturated heterocycles. The lowest BCUT2D eigenvalue weighted by atomic mass is 9.98. The number of pyridine rings is 1. The molecule has 0 spiro atoms. The molecule has 4 aromatic rings. The molecule has 1 unspecified atom stereocenters. The number of hydrogen-bond donors (Lipinski definition) is 1. The summed E-state index contributed by atoms with van der Waals surface area (Å²) >= 11 is 0. The van der Waals surface area contributed by atoms with Crippen LogP contribution in [0.25, 0.3) is 28.3 Å². The molecule has 2 aromatic carbocycles. The van der Waals surface area contributed by atoms with Gasteiger partial charge in [-0.2, -0.15) is 23.1 Å². The zero-order valence-electron chi connectivity index (χ0n) is 19.2. The summed E-state index contributed by atoms with van der Waals surface area (Å²) in [7, 11) is 0. The van der Waals surface area contributed by atoms with Crippen LogP contribution in [-0.4, -0.2) is 31.8 Å². The van der Waals surface area contributed by atoms with Crippen LogP contribution in [0.1, 0.15) is 24.5 Å². The Kier molecular flexibility index (Phi) is 6.28. The number of amidine groups is 1. The quantitative estimate of drug-likeness (QED) is 0.358. The Hall–Kier alpha value is -4.40. The largest absolute Gasteiger partial charge is 0.417 e. The van der Waals surface area contributed by atoms with E-state index in [4.69, 9.17) is 4.99 Å². The molecule has 0 bridgehead atoms. The van der Waals surface area contributed by atoms with Crippen molar-refractivity contribution in [2.45, 2.75) is 25.6 Å². The minimum Gasteiger partial charge on any atom is -0.309 e. The van der Waals surface area contributed by atoms with Gasteiger partial charge in [-0.3, -0.25) is 9.98 Å². The Morgan fingerprint density at radius 2 is 1.50 bits per heavy atom. The summed E-state index contributed by atoms with van der Waals surface area (Å²) in [6.45, 7) is 2.05. The van der Waals surface area contributed by atoms with Crippen LogP contribution in [-0.2, 0) is 6.18 Å². The van der Waals surface area contributed by atoms with Crippen molar-refractivity contribution in [3.05, 3.63) is 96.3 Å². The predicted molar refractivity (Wildman–Crippen MR) is 133 cm³/mol. The zero-order chi connectivity index (χ0) is 25.1. The van der Waals surface area contributed by atoms with E-state index in [1.807, 2.05) is 43.3 Å². The molecule has 0 radical (unpaired) electrons. The molecule has 9 heteroatoms. The first-order valence-corrected chi connectivity index (χ1v) is 11.4. The van der Waals surface area contributed by atoms with Gasteiger partial charge in [0.2, 0.25) is 5.95 Å². The average molecular weight is 487 g/mol. The summed E-state index contributed by atoms with van der Waals surface area (Å²) in [4.78, 5) is 21.9. The summed E-state index contributed by atoms with van der Waals surface area (Å²) in [6.07, 6.45) is 1.28. The van der Waals surface area contributed by atoms with Crippen molar-refractivity contribution in [2.75, 3.05) is 5.32 Å². The zero-order valence-corrected chi connectivity index (χ0v) is 19.2. The smallest absolute Gasteiger partial charge is 0.309 e. The maximum atomic E-state index is 13.7. The van der Waals surface area contributed by atoms with Crippen molar-refractivity contribution in [1.82, 2.24) is 19.9 Å². The fourth-order valence-corrected chi connectivity index (χ4v) is 4.03. The predicted octanol–water partition coefficient (Wildman–Crippen LogP) is 6.31. The number of alkyl halides is 3.